The highest BCUT2D eigenvalue weighted by atomic mass is 35.5. The van der Waals surface area contributed by atoms with E-state index in [4.69, 9.17) is 16.1 Å². The molecule has 5 nitrogen and oxygen atoms in total. The highest BCUT2D eigenvalue weighted by molar-refractivity contribution is 7.85. The Kier molecular flexibility index (Phi) is 5.59. The van der Waals surface area contributed by atoms with Gasteiger partial charge >= 0.3 is 0 Å². The average molecular weight is 355 g/mol. The van der Waals surface area contributed by atoms with Gasteiger partial charge in [-0.15, -0.1) is 0 Å². The van der Waals surface area contributed by atoms with Gasteiger partial charge in [0.1, 0.15) is 11.5 Å². The van der Waals surface area contributed by atoms with Gasteiger partial charge in [-0.2, -0.15) is 0 Å². The minimum atomic E-state index is -1.35. The summed E-state index contributed by atoms with van der Waals surface area (Å²) in [7, 11) is -1.35. The van der Waals surface area contributed by atoms with Crippen LogP contribution in [0.4, 0.5) is 5.69 Å². The molecule has 0 spiro atoms. The van der Waals surface area contributed by atoms with Gasteiger partial charge in [0.15, 0.2) is 0 Å². The van der Waals surface area contributed by atoms with E-state index >= 15 is 0 Å². The molecule has 0 saturated carbocycles. The fraction of sp³-hybridized carbons (Fsp3) is 0.375. The molecule has 0 radical (unpaired) electrons. The van der Waals surface area contributed by atoms with Crippen LogP contribution < -0.4 is 5.32 Å². The normalized spacial score (nSPS) is 12.2. The molecular formula is C16H19ClN2O3S. The molecule has 1 heterocycles. The predicted molar refractivity (Wildman–Crippen MR) is 92.2 cm³/mol. The molecule has 1 aromatic carbocycles. The number of carbonyl (C=O) groups is 1. The summed E-state index contributed by atoms with van der Waals surface area (Å²) >= 11 is 6.16. The van der Waals surface area contributed by atoms with E-state index in [9.17, 15) is 9.00 Å². The number of aromatic nitrogens is 1. The number of benzene rings is 1. The monoisotopic (exact) mass is 354 g/mol. The Morgan fingerprint density at radius 3 is 2.57 bits per heavy atom. The smallest absolute Gasteiger partial charge is 0.237 e. The number of nitrogens with zero attached hydrogens (tertiary/aromatic N) is 1. The first kappa shape index (κ1) is 17.7. The molecule has 1 aromatic heterocycles. The summed E-state index contributed by atoms with van der Waals surface area (Å²) < 4.78 is 17.2. The van der Waals surface area contributed by atoms with Crippen LogP contribution in [0.15, 0.2) is 16.7 Å². The van der Waals surface area contributed by atoms with Gasteiger partial charge in [-0.05, 0) is 44.9 Å². The molecule has 1 N–H and O–H groups in total. The first-order valence-corrected chi connectivity index (χ1v) is 8.98. The van der Waals surface area contributed by atoms with Crippen molar-refractivity contribution in [1.82, 2.24) is 5.16 Å². The van der Waals surface area contributed by atoms with Crippen LogP contribution in [0.5, 0.6) is 0 Å². The van der Waals surface area contributed by atoms with Gasteiger partial charge in [0.25, 0.3) is 0 Å². The number of halogens is 1. The quantitative estimate of drug-likeness (QED) is 0.892. The van der Waals surface area contributed by atoms with Gasteiger partial charge < -0.3 is 9.84 Å². The molecule has 1 atom stereocenters. The first-order chi connectivity index (χ1) is 10.8. The molecule has 0 bridgehead atoms. The van der Waals surface area contributed by atoms with E-state index in [2.05, 4.69) is 10.5 Å². The highest BCUT2D eigenvalue weighted by Gasteiger charge is 2.16. The third kappa shape index (κ3) is 4.42. The van der Waals surface area contributed by atoms with Gasteiger partial charge in [-0.25, -0.2) is 0 Å². The van der Waals surface area contributed by atoms with E-state index in [-0.39, 0.29) is 17.4 Å². The van der Waals surface area contributed by atoms with Gasteiger partial charge in [0.2, 0.25) is 5.91 Å². The van der Waals surface area contributed by atoms with Gasteiger partial charge in [-0.1, -0.05) is 22.8 Å². The maximum atomic E-state index is 12.2. The number of amides is 1. The van der Waals surface area contributed by atoms with Crippen LogP contribution >= 0.6 is 11.6 Å². The topological polar surface area (TPSA) is 72.2 Å². The Morgan fingerprint density at radius 2 is 2.00 bits per heavy atom. The average Bonchev–Trinajstić information content (AvgIpc) is 2.74. The molecule has 7 heteroatoms. The molecule has 0 aliphatic carbocycles. The summed E-state index contributed by atoms with van der Waals surface area (Å²) in [6.45, 7) is 7.36. The minimum absolute atomic E-state index is 0.103. The number of hydrogen-bond donors (Lipinski definition) is 1. The van der Waals surface area contributed by atoms with Crippen LogP contribution in [-0.2, 0) is 21.3 Å². The van der Waals surface area contributed by atoms with Crippen molar-refractivity contribution in [3.8, 4) is 0 Å². The van der Waals surface area contributed by atoms with E-state index in [0.29, 0.717) is 22.2 Å². The van der Waals surface area contributed by atoms with Crippen LogP contribution in [0.25, 0.3) is 0 Å². The Morgan fingerprint density at radius 1 is 1.30 bits per heavy atom. The third-order valence-electron chi connectivity index (χ3n) is 3.47. The number of hydrogen-bond acceptors (Lipinski definition) is 4. The number of anilines is 1. The second-order valence-electron chi connectivity index (χ2n) is 5.52. The van der Waals surface area contributed by atoms with Crippen molar-refractivity contribution < 1.29 is 13.5 Å². The maximum absolute atomic E-state index is 12.2. The summed E-state index contributed by atoms with van der Waals surface area (Å²) in [5.74, 6) is 0.445. The van der Waals surface area contributed by atoms with E-state index in [0.717, 1.165) is 16.7 Å². The molecule has 2 rings (SSSR count). The lowest BCUT2D eigenvalue weighted by atomic mass is 10.1. The van der Waals surface area contributed by atoms with Crippen LogP contribution in [-0.4, -0.2) is 21.0 Å². The van der Waals surface area contributed by atoms with E-state index in [1.807, 2.05) is 19.9 Å². The standard InChI is InChI=1S/C16H19ClN2O3S/c1-9-5-10(2)16(14(17)6-9)18-15(20)8-23(21)7-13-11(3)19-22-12(13)4/h5-6H,7-8H2,1-4H3,(H,18,20)/t23-/m0/s1. The van der Waals surface area contributed by atoms with Crippen LogP contribution in [0.1, 0.15) is 28.1 Å². The molecular weight excluding hydrogens is 336 g/mol. The lowest BCUT2D eigenvalue weighted by Gasteiger charge is -2.11. The van der Waals surface area contributed by atoms with Crippen molar-refractivity contribution in [2.75, 3.05) is 11.1 Å². The second-order valence-corrected chi connectivity index (χ2v) is 7.38. The fourth-order valence-corrected chi connectivity index (χ4v) is 3.88. The number of carbonyl (C=O) groups excluding carboxylic acids is 1. The lowest BCUT2D eigenvalue weighted by Crippen LogP contribution is -2.21. The zero-order valence-corrected chi connectivity index (χ0v) is 15.1. The van der Waals surface area contributed by atoms with Crippen molar-refractivity contribution >= 4 is 34.0 Å². The van der Waals surface area contributed by atoms with Crippen molar-refractivity contribution in [3.63, 3.8) is 0 Å². The Bertz CT molecular complexity index is 728. The van der Waals surface area contributed by atoms with Gasteiger partial charge in [-0.3, -0.25) is 9.00 Å². The lowest BCUT2D eigenvalue weighted by molar-refractivity contribution is -0.113. The molecule has 1 amide bonds. The Labute approximate surface area is 142 Å². The SMILES string of the molecule is Cc1cc(C)c(NC(=O)C[S@@](=O)Cc2c(C)noc2C)c(Cl)c1. The number of rotatable bonds is 5. The molecule has 2 aromatic rings. The maximum Gasteiger partial charge on any atom is 0.237 e. The number of aryl methyl sites for hydroxylation is 4. The molecule has 0 unspecified atom stereocenters. The van der Waals surface area contributed by atoms with Gasteiger partial charge in [0, 0.05) is 16.4 Å². The van der Waals surface area contributed by atoms with Crippen LogP contribution in [0.2, 0.25) is 5.02 Å². The van der Waals surface area contributed by atoms with Crippen molar-refractivity contribution in [2.24, 2.45) is 0 Å². The summed E-state index contributed by atoms with van der Waals surface area (Å²) in [5.41, 5.74) is 3.96. The molecule has 124 valence electrons. The van der Waals surface area contributed by atoms with Crippen LogP contribution in [0, 0.1) is 27.7 Å². The first-order valence-electron chi connectivity index (χ1n) is 7.11. The van der Waals surface area contributed by atoms with E-state index in [1.165, 1.54) is 0 Å². The molecule has 0 aliphatic rings. The summed E-state index contributed by atoms with van der Waals surface area (Å²) in [6, 6.07) is 3.72. The molecule has 0 saturated heterocycles. The molecule has 0 fully saturated rings. The zero-order valence-electron chi connectivity index (χ0n) is 13.5. The fourth-order valence-electron chi connectivity index (χ4n) is 2.32. The molecule has 0 aliphatic heterocycles. The highest BCUT2D eigenvalue weighted by Crippen LogP contribution is 2.27. The van der Waals surface area contributed by atoms with Crippen molar-refractivity contribution in [2.45, 2.75) is 33.4 Å². The second kappa shape index (κ2) is 7.27. The van der Waals surface area contributed by atoms with Gasteiger partial charge in [0.05, 0.1) is 22.2 Å². The Balaban J connectivity index is 2.01. The van der Waals surface area contributed by atoms with Crippen LogP contribution in [0.3, 0.4) is 0 Å². The zero-order chi connectivity index (χ0) is 17.1. The minimum Gasteiger partial charge on any atom is -0.361 e. The number of nitrogens with one attached hydrogen (secondary N) is 1. The third-order valence-corrected chi connectivity index (χ3v) is 4.97. The van der Waals surface area contributed by atoms with E-state index < -0.39 is 10.8 Å². The largest absolute Gasteiger partial charge is 0.361 e. The Hall–Kier alpha value is -1.66. The van der Waals surface area contributed by atoms with E-state index in [1.54, 1.807) is 19.9 Å². The van der Waals surface area contributed by atoms with Crippen molar-refractivity contribution in [1.29, 1.82) is 0 Å². The molecule has 23 heavy (non-hydrogen) atoms. The van der Waals surface area contributed by atoms with Crippen molar-refractivity contribution in [3.05, 3.63) is 45.3 Å². The summed E-state index contributed by atoms with van der Waals surface area (Å²) in [6.07, 6.45) is 0. The predicted octanol–water partition coefficient (Wildman–Crippen LogP) is 3.45. The summed E-state index contributed by atoms with van der Waals surface area (Å²) in [4.78, 5) is 12.1. The summed E-state index contributed by atoms with van der Waals surface area (Å²) in [5, 5.41) is 7.04.